The second-order valence-corrected chi connectivity index (χ2v) is 7.86. The first-order valence-corrected chi connectivity index (χ1v) is 10.9. The topological polar surface area (TPSA) is 118 Å². The monoisotopic (exact) mass is 468 g/mol. The van der Waals surface area contributed by atoms with Crippen molar-refractivity contribution < 1.29 is 14.4 Å². The molecule has 0 saturated heterocycles. The Bertz CT molecular complexity index is 1310. The van der Waals surface area contributed by atoms with Crippen LogP contribution in [0.2, 0.25) is 0 Å². The fourth-order valence-corrected chi connectivity index (χ4v) is 3.30. The number of carbonyl (C=O) groups is 3. The molecule has 3 amide bonds. The van der Waals surface area contributed by atoms with Crippen LogP contribution in [0, 0.1) is 13.8 Å². The standard InChI is InChI=1S/C26H24N6O3/c1-17-13-14-20(15-18(17)2)25(34)27-16-22(33)29-30-26(35)23-28-24(19-9-5-3-6-10-19)32(31-23)21-11-7-4-8-12-21/h3-15H,16H2,1-2H3,(H,27,34)(H,29,33)(H,30,35). The van der Waals surface area contributed by atoms with E-state index >= 15 is 0 Å². The number of aromatic nitrogens is 3. The second kappa shape index (κ2) is 10.4. The second-order valence-electron chi connectivity index (χ2n) is 7.86. The number of hydrogen-bond acceptors (Lipinski definition) is 5. The summed E-state index contributed by atoms with van der Waals surface area (Å²) >= 11 is 0. The lowest BCUT2D eigenvalue weighted by Gasteiger charge is -2.08. The van der Waals surface area contributed by atoms with E-state index in [1.807, 2.05) is 80.6 Å². The lowest BCUT2D eigenvalue weighted by atomic mass is 10.1. The number of rotatable bonds is 6. The maximum Gasteiger partial charge on any atom is 0.309 e. The number of nitrogens with one attached hydrogen (secondary N) is 3. The van der Waals surface area contributed by atoms with Gasteiger partial charge in [0.05, 0.1) is 12.2 Å². The molecule has 35 heavy (non-hydrogen) atoms. The van der Waals surface area contributed by atoms with Crippen LogP contribution in [-0.2, 0) is 4.79 Å². The Balaban J connectivity index is 1.40. The third-order valence-electron chi connectivity index (χ3n) is 5.34. The van der Waals surface area contributed by atoms with Crippen molar-refractivity contribution in [2.45, 2.75) is 13.8 Å². The van der Waals surface area contributed by atoms with Gasteiger partial charge in [-0.1, -0.05) is 54.6 Å². The Morgan fingerprint density at radius 1 is 0.800 bits per heavy atom. The number of nitrogens with zero attached hydrogens (tertiary/aromatic N) is 3. The number of aryl methyl sites for hydroxylation is 2. The fourth-order valence-electron chi connectivity index (χ4n) is 3.30. The van der Waals surface area contributed by atoms with Gasteiger partial charge in [-0.3, -0.25) is 25.2 Å². The predicted octanol–water partition coefficient (Wildman–Crippen LogP) is 2.74. The molecule has 0 bridgehead atoms. The van der Waals surface area contributed by atoms with Gasteiger partial charge >= 0.3 is 5.91 Å². The molecular formula is C26H24N6O3. The van der Waals surface area contributed by atoms with Crippen molar-refractivity contribution in [1.29, 1.82) is 0 Å². The van der Waals surface area contributed by atoms with Gasteiger partial charge in [-0.2, -0.15) is 0 Å². The van der Waals surface area contributed by atoms with Gasteiger partial charge in [-0.25, -0.2) is 9.67 Å². The van der Waals surface area contributed by atoms with Gasteiger partial charge in [0.15, 0.2) is 5.82 Å². The summed E-state index contributed by atoms with van der Waals surface area (Å²) in [5.41, 5.74) is 8.58. The summed E-state index contributed by atoms with van der Waals surface area (Å²) in [6.07, 6.45) is 0. The van der Waals surface area contributed by atoms with Gasteiger partial charge in [-0.05, 0) is 49.2 Å². The normalized spacial score (nSPS) is 10.5. The fraction of sp³-hybridized carbons (Fsp3) is 0.115. The Morgan fingerprint density at radius 3 is 2.17 bits per heavy atom. The van der Waals surface area contributed by atoms with Crippen LogP contribution in [0.4, 0.5) is 0 Å². The third-order valence-corrected chi connectivity index (χ3v) is 5.34. The number of hydrogen-bond donors (Lipinski definition) is 3. The van der Waals surface area contributed by atoms with Gasteiger partial charge in [0, 0.05) is 11.1 Å². The Kier molecular flexibility index (Phi) is 6.96. The van der Waals surface area contributed by atoms with Gasteiger partial charge in [0.1, 0.15) is 0 Å². The summed E-state index contributed by atoms with van der Waals surface area (Å²) in [7, 11) is 0. The minimum Gasteiger partial charge on any atom is -0.343 e. The first-order valence-electron chi connectivity index (χ1n) is 10.9. The minimum absolute atomic E-state index is 0.118. The molecule has 0 aliphatic heterocycles. The highest BCUT2D eigenvalue weighted by Gasteiger charge is 2.19. The zero-order valence-corrected chi connectivity index (χ0v) is 19.3. The van der Waals surface area contributed by atoms with E-state index in [-0.39, 0.29) is 18.3 Å². The summed E-state index contributed by atoms with van der Waals surface area (Å²) in [5, 5.41) is 6.86. The van der Waals surface area contributed by atoms with E-state index in [1.54, 1.807) is 16.8 Å². The molecule has 0 fully saturated rings. The third kappa shape index (κ3) is 5.59. The number of hydrazine groups is 1. The molecule has 4 rings (SSSR count). The average Bonchev–Trinajstić information content (AvgIpc) is 3.34. The van der Waals surface area contributed by atoms with E-state index in [4.69, 9.17) is 0 Å². The number of amides is 3. The van der Waals surface area contributed by atoms with E-state index < -0.39 is 11.8 Å². The summed E-state index contributed by atoms with van der Waals surface area (Å²) in [6, 6.07) is 23.9. The first-order chi connectivity index (χ1) is 16.9. The molecule has 3 N–H and O–H groups in total. The number of carbonyl (C=O) groups excluding carboxylic acids is 3. The van der Waals surface area contributed by atoms with Crippen LogP contribution < -0.4 is 16.2 Å². The molecule has 0 atom stereocenters. The maximum atomic E-state index is 12.7. The largest absolute Gasteiger partial charge is 0.343 e. The SMILES string of the molecule is Cc1ccc(C(=O)NCC(=O)NNC(=O)c2nc(-c3ccccc3)n(-c3ccccc3)n2)cc1C. The predicted molar refractivity (Wildman–Crippen MR) is 131 cm³/mol. The molecule has 176 valence electrons. The van der Waals surface area contributed by atoms with Crippen LogP contribution in [0.5, 0.6) is 0 Å². The zero-order valence-electron chi connectivity index (χ0n) is 19.3. The molecule has 4 aromatic rings. The van der Waals surface area contributed by atoms with Crippen molar-refractivity contribution in [2.75, 3.05) is 6.54 Å². The highest BCUT2D eigenvalue weighted by atomic mass is 16.2. The molecule has 0 unspecified atom stereocenters. The van der Waals surface area contributed by atoms with Gasteiger partial charge in [0.25, 0.3) is 11.8 Å². The van der Waals surface area contributed by atoms with Crippen molar-refractivity contribution in [3.63, 3.8) is 0 Å². The van der Waals surface area contributed by atoms with Crippen LogP contribution in [-0.4, -0.2) is 39.0 Å². The Hall–Kier alpha value is -4.79. The van der Waals surface area contributed by atoms with Crippen LogP contribution in [0.1, 0.15) is 32.1 Å². The van der Waals surface area contributed by atoms with Crippen molar-refractivity contribution in [3.05, 3.63) is 101 Å². The first kappa shape index (κ1) is 23.4. The van der Waals surface area contributed by atoms with E-state index in [0.29, 0.717) is 11.4 Å². The molecule has 0 radical (unpaired) electrons. The molecule has 0 spiro atoms. The lowest BCUT2D eigenvalue weighted by molar-refractivity contribution is -0.120. The number of para-hydroxylation sites is 1. The summed E-state index contributed by atoms with van der Waals surface area (Å²) in [4.78, 5) is 41.5. The van der Waals surface area contributed by atoms with E-state index in [0.717, 1.165) is 22.4 Å². The molecule has 0 saturated carbocycles. The smallest absolute Gasteiger partial charge is 0.309 e. The highest BCUT2D eigenvalue weighted by Crippen LogP contribution is 2.20. The van der Waals surface area contributed by atoms with Crippen LogP contribution in [0.15, 0.2) is 78.9 Å². The van der Waals surface area contributed by atoms with Crippen LogP contribution >= 0.6 is 0 Å². The van der Waals surface area contributed by atoms with Crippen molar-refractivity contribution in [2.24, 2.45) is 0 Å². The van der Waals surface area contributed by atoms with E-state index in [2.05, 4.69) is 26.3 Å². The van der Waals surface area contributed by atoms with Crippen molar-refractivity contribution in [1.82, 2.24) is 30.9 Å². The zero-order chi connectivity index (χ0) is 24.8. The summed E-state index contributed by atoms with van der Waals surface area (Å²) < 4.78 is 1.57. The minimum atomic E-state index is -0.689. The number of benzene rings is 3. The molecule has 0 aliphatic carbocycles. The molecule has 9 heteroatoms. The Morgan fingerprint density at radius 2 is 1.49 bits per heavy atom. The van der Waals surface area contributed by atoms with Crippen molar-refractivity contribution in [3.8, 4) is 17.1 Å². The van der Waals surface area contributed by atoms with Gasteiger partial charge < -0.3 is 5.32 Å². The van der Waals surface area contributed by atoms with Crippen molar-refractivity contribution >= 4 is 17.7 Å². The maximum absolute atomic E-state index is 12.7. The molecule has 1 heterocycles. The lowest BCUT2D eigenvalue weighted by Crippen LogP contribution is -2.46. The molecule has 3 aromatic carbocycles. The van der Waals surface area contributed by atoms with Gasteiger partial charge in [-0.15, -0.1) is 5.10 Å². The summed E-state index contributed by atoms with van der Waals surface area (Å²) in [5.74, 6) is -1.31. The van der Waals surface area contributed by atoms with Crippen LogP contribution in [0.25, 0.3) is 17.1 Å². The quantitative estimate of drug-likeness (QED) is 0.376. The highest BCUT2D eigenvalue weighted by molar-refractivity contribution is 5.97. The Labute approximate surface area is 202 Å². The van der Waals surface area contributed by atoms with Gasteiger partial charge in [0.2, 0.25) is 5.82 Å². The van der Waals surface area contributed by atoms with E-state index in [1.165, 1.54) is 0 Å². The molecule has 9 nitrogen and oxygen atoms in total. The average molecular weight is 469 g/mol. The molecule has 0 aliphatic rings. The van der Waals surface area contributed by atoms with Crippen LogP contribution in [0.3, 0.4) is 0 Å². The van der Waals surface area contributed by atoms with E-state index in [9.17, 15) is 14.4 Å². The molecular weight excluding hydrogens is 444 g/mol. The molecule has 1 aromatic heterocycles. The summed E-state index contributed by atoms with van der Waals surface area (Å²) in [6.45, 7) is 3.55.